The Hall–Kier alpha value is -1.02. The lowest BCUT2D eigenvalue weighted by Crippen LogP contribution is -2.46. The van der Waals surface area contributed by atoms with E-state index in [2.05, 4.69) is 10.5 Å². The lowest BCUT2D eigenvalue weighted by Gasteiger charge is -2.22. The molecule has 0 aliphatic carbocycles. The van der Waals surface area contributed by atoms with Gasteiger partial charge in [-0.15, -0.1) is 0 Å². The van der Waals surface area contributed by atoms with Crippen LogP contribution in [-0.2, 0) is 4.74 Å². The predicted octanol–water partition coefficient (Wildman–Crippen LogP) is 0.926. The van der Waals surface area contributed by atoms with Crippen LogP contribution in [0.25, 0.3) is 0 Å². The quantitative estimate of drug-likeness (QED) is 0.274. The maximum absolute atomic E-state index is 12.6. The van der Waals surface area contributed by atoms with Crippen molar-refractivity contribution in [1.29, 1.82) is 0 Å². The van der Waals surface area contributed by atoms with Gasteiger partial charge in [-0.2, -0.15) is 13.2 Å². The molecule has 0 amide bonds. The second kappa shape index (κ2) is 7.33. The van der Waals surface area contributed by atoms with E-state index >= 15 is 0 Å². The molecular weight excluding hydrogens is 239 g/mol. The Balaban J connectivity index is 4.46. The number of alkyl halides is 3. The molecule has 0 aliphatic rings. The third kappa shape index (κ3) is 5.73. The van der Waals surface area contributed by atoms with Gasteiger partial charge < -0.3 is 21.0 Å². The number of hydrogen-bond donors (Lipinski definition) is 3. The van der Waals surface area contributed by atoms with Crippen molar-refractivity contribution in [3.63, 3.8) is 0 Å². The number of ether oxygens (including phenoxy) is 1. The van der Waals surface area contributed by atoms with Crippen molar-refractivity contribution in [3.05, 3.63) is 0 Å². The second-order valence-electron chi connectivity index (χ2n) is 3.59. The first-order valence-electron chi connectivity index (χ1n) is 5.13. The molecule has 2 unspecified atom stereocenters. The lowest BCUT2D eigenvalue weighted by molar-refractivity contribution is -0.155. The van der Waals surface area contributed by atoms with Crippen LogP contribution < -0.4 is 11.1 Å². The fourth-order valence-electron chi connectivity index (χ4n) is 1.26. The van der Waals surface area contributed by atoms with Crippen molar-refractivity contribution < 1.29 is 23.1 Å². The number of rotatable bonds is 7. The summed E-state index contributed by atoms with van der Waals surface area (Å²) in [6.07, 6.45) is -3.93. The summed E-state index contributed by atoms with van der Waals surface area (Å²) in [6.45, 7) is 1.68. The van der Waals surface area contributed by atoms with Crippen LogP contribution in [0.4, 0.5) is 13.2 Å². The second-order valence-corrected chi connectivity index (χ2v) is 3.59. The molecule has 102 valence electrons. The minimum absolute atomic E-state index is 0.198. The van der Waals surface area contributed by atoms with Crippen LogP contribution in [-0.4, -0.2) is 43.5 Å². The smallest absolute Gasteiger partial charge is 0.400 e. The van der Waals surface area contributed by atoms with Gasteiger partial charge in [0.2, 0.25) is 0 Å². The molecule has 0 aromatic heterocycles. The average Bonchev–Trinajstić information content (AvgIpc) is 2.25. The topological polar surface area (TPSA) is 79.9 Å². The van der Waals surface area contributed by atoms with E-state index in [9.17, 15) is 13.2 Å². The third-order valence-corrected chi connectivity index (χ3v) is 2.34. The molecule has 17 heavy (non-hydrogen) atoms. The van der Waals surface area contributed by atoms with Gasteiger partial charge in [0.1, 0.15) is 5.92 Å². The van der Waals surface area contributed by atoms with Gasteiger partial charge in [0.05, 0.1) is 6.61 Å². The van der Waals surface area contributed by atoms with Gasteiger partial charge in [0, 0.05) is 19.7 Å². The number of oxime groups is 1. The standard InChI is InChI=1S/C9H18F3N3O2/c1-3-6(5-17-2)14-4-7(8(13)15-16)9(10,11)12/h6-7,14,16H,3-5H2,1-2H3,(H2,13,15). The zero-order chi connectivity index (χ0) is 13.5. The summed E-state index contributed by atoms with van der Waals surface area (Å²) in [7, 11) is 1.47. The molecule has 2 atom stereocenters. The zero-order valence-electron chi connectivity index (χ0n) is 9.79. The molecule has 4 N–H and O–H groups in total. The number of hydrogen-bond acceptors (Lipinski definition) is 4. The highest BCUT2D eigenvalue weighted by Crippen LogP contribution is 2.26. The largest absolute Gasteiger partial charge is 0.409 e. The molecule has 8 heteroatoms. The highest BCUT2D eigenvalue weighted by Gasteiger charge is 2.42. The van der Waals surface area contributed by atoms with Crippen LogP contribution in [0, 0.1) is 5.92 Å². The first kappa shape index (κ1) is 16.0. The van der Waals surface area contributed by atoms with E-state index in [1.807, 2.05) is 6.92 Å². The molecule has 0 bridgehead atoms. The van der Waals surface area contributed by atoms with Crippen molar-refractivity contribution in [2.45, 2.75) is 25.6 Å². The fraction of sp³-hybridized carbons (Fsp3) is 0.889. The summed E-state index contributed by atoms with van der Waals surface area (Å²) in [6, 6.07) is -0.198. The Morgan fingerprint density at radius 1 is 1.53 bits per heavy atom. The molecule has 0 rings (SSSR count). The SMILES string of the molecule is CCC(COC)NCC(C(N)=NO)C(F)(F)F. The lowest BCUT2D eigenvalue weighted by atomic mass is 10.1. The van der Waals surface area contributed by atoms with Gasteiger partial charge in [-0.3, -0.25) is 0 Å². The number of halogens is 3. The van der Waals surface area contributed by atoms with E-state index in [-0.39, 0.29) is 6.04 Å². The minimum Gasteiger partial charge on any atom is -0.409 e. The molecule has 0 aliphatic heterocycles. The normalized spacial score (nSPS) is 16.9. The van der Waals surface area contributed by atoms with Gasteiger partial charge in [-0.05, 0) is 6.42 Å². The van der Waals surface area contributed by atoms with Crippen LogP contribution >= 0.6 is 0 Å². The first-order chi connectivity index (χ1) is 7.86. The molecule has 5 nitrogen and oxygen atoms in total. The molecule has 0 saturated heterocycles. The van der Waals surface area contributed by atoms with Crippen molar-refractivity contribution in [3.8, 4) is 0 Å². The summed E-state index contributed by atoms with van der Waals surface area (Å²) >= 11 is 0. The number of nitrogens with two attached hydrogens (primary N) is 1. The van der Waals surface area contributed by atoms with E-state index in [0.29, 0.717) is 13.0 Å². The van der Waals surface area contributed by atoms with Crippen LogP contribution in [0.15, 0.2) is 5.16 Å². The Morgan fingerprint density at radius 3 is 2.47 bits per heavy atom. The summed E-state index contributed by atoms with van der Waals surface area (Å²) in [5.41, 5.74) is 5.01. The maximum atomic E-state index is 12.6. The molecular formula is C9H18F3N3O2. The third-order valence-electron chi connectivity index (χ3n) is 2.34. The molecule has 0 saturated carbocycles. The van der Waals surface area contributed by atoms with Crippen molar-refractivity contribution in [2.75, 3.05) is 20.3 Å². The minimum atomic E-state index is -4.55. The highest BCUT2D eigenvalue weighted by atomic mass is 19.4. The Kier molecular flexibility index (Phi) is 6.89. The van der Waals surface area contributed by atoms with Gasteiger partial charge in [-0.25, -0.2) is 0 Å². The zero-order valence-corrected chi connectivity index (χ0v) is 9.79. The fourth-order valence-corrected chi connectivity index (χ4v) is 1.26. The molecule has 0 aromatic rings. The van der Waals surface area contributed by atoms with E-state index in [1.54, 1.807) is 0 Å². The van der Waals surface area contributed by atoms with Crippen molar-refractivity contribution >= 4 is 5.84 Å². The number of nitrogens with one attached hydrogen (secondary N) is 1. The van der Waals surface area contributed by atoms with Crippen LogP contribution in [0.3, 0.4) is 0 Å². The predicted molar refractivity (Wildman–Crippen MR) is 56.9 cm³/mol. The van der Waals surface area contributed by atoms with Crippen LogP contribution in [0.5, 0.6) is 0 Å². The maximum Gasteiger partial charge on any atom is 0.400 e. The van der Waals surface area contributed by atoms with E-state index < -0.39 is 24.5 Å². The number of amidine groups is 1. The summed E-state index contributed by atoms with van der Waals surface area (Å²) in [5, 5.41) is 13.4. The Morgan fingerprint density at radius 2 is 2.12 bits per heavy atom. The molecule has 0 aromatic carbocycles. The van der Waals surface area contributed by atoms with Crippen molar-refractivity contribution in [2.24, 2.45) is 16.8 Å². The van der Waals surface area contributed by atoms with Gasteiger partial charge in [0.15, 0.2) is 5.84 Å². The number of nitrogens with zero attached hydrogens (tertiary/aromatic N) is 1. The summed E-state index contributed by atoms with van der Waals surface area (Å²) < 4.78 is 42.5. The molecule has 0 spiro atoms. The summed E-state index contributed by atoms with van der Waals surface area (Å²) in [4.78, 5) is 0. The van der Waals surface area contributed by atoms with Crippen LogP contribution in [0.2, 0.25) is 0 Å². The number of methoxy groups -OCH3 is 1. The molecule has 0 heterocycles. The Labute approximate surface area is 97.8 Å². The summed E-state index contributed by atoms with van der Waals surface area (Å²) in [5.74, 6) is -2.85. The van der Waals surface area contributed by atoms with Gasteiger partial charge in [-0.1, -0.05) is 12.1 Å². The Bertz CT molecular complexity index is 246. The highest BCUT2D eigenvalue weighted by molar-refractivity contribution is 5.83. The van der Waals surface area contributed by atoms with Gasteiger partial charge >= 0.3 is 6.18 Å². The van der Waals surface area contributed by atoms with Crippen LogP contribution in [0.1, 0.15) is 13.3 Å². The average molecular weight is 257 g/mol. The van der Waals surface area contributed by atoms with Gasteiger partial charge in [0.25, 0.3) is 0 Å². The van der Waals surface area contributed by atoms with E-state index in [1.165, 1.54) is 7.11 Å². The van der Waals surface area contributed by atoms with E-state index in [0.717, 1.165) is 0 Å². The molecule has 0 radical (unpaired) electrons. The first-order valence-corrected chi connectivity index (χ1v) is 5.13. The molecule has 0 fully saturated rings. The monoisotopic (exact) mass is 257 g/mol. The van der Waals surface area contributed by atoms with Crippen molar-refractivity contribution in [1.82, 2.24) is 5.32 Å². The van der Waals surface area contributed by atoms with E-state index in [4.69, 9.17) is 15.7 Å².